The van der Waals surface area contributed by atoms with E-state index >= 15 is 0 Å². The molecule has 1 atom stereocenters. The molecular weight excluding hydrogens is 444 g/mol. The predicted octanol–water partition coefficient (Wildman–Crippen LogP) is 3.46. The summed E-state index contributed by atoms with van der Waals surface area (Å²) in [7, 11) is -3.57. The third-order valence-electron chi connectivity index (χ3n) is 5.73. The van der Waals surface area contributed by atoms with Crippen molar-refractivity contribution in [2.75, 3.05) is 13.2 Å². The Morgan fingerprint density at radius 1 is 1.28 bits per heavy atom. The van der Waals surface area contributed by atoms with Gasteiger partial charge in [-0.25, -0.2) is 13.4 Å². The molecule has 0 unspecified atom stereocenters. The lowest BCUT2D eigenvalue weighted by Gasteiger charge is -2.29. The first-order valence-corrected chi connectivity index (χ1v) is 13.4. The van der Waals surface area contributed by atoms with E-state index in [2.05, 4.69) is 29.0 Å². The molecule has 1 N–H and O–H groups in total. The van der Waals surface area contributed by atoms with Crippen molar-refractivity contribution in [3.05, 3.63) is 47.8 Å². The Hall–Kier alpha value is -1.97. The molecule has 1 aliphatic carbocycles. The maximum absolute atomic E-state index is 13.3. The molecule has 1 aliphatic heterocycles. The number of nitrogens with one attached hydrogen (secondary N) is 1. The van der Waals surface area contributed by atoms with E-state index < -0.39 is 9.84 Å². The van der Waals surface area contributed by atoms with Crippen LogP contribution in [0.1, 0.15) is 56.8 Å². The average Bonchev–Trinajstić information content (AvgIpc) is 3.27. The zero-order valence-corrected chi connectivity index (χ0v) is 20.4. The second-order valence-corrected chi connectivity index (χ2v) is 11.3. The number of hydrogen-bond acceptors (Lipinski definition) is 5. The molecule has 1 saturated carbocycles. The molecule has 2 aliphatic rings. The highest BCUT2D eigenvalue weighted by Gasteiger charge is 2.34. The second-order valence-electron chi connectivity index (χ2n) is 9.00. The lowest BCUT2D eigenvalue weighted by molar-refractivity contribution is 0.0891. The Labute approximate surface area is 196 Å². The van der Waals surface area contributed by atoms with Crippen molar-refractivity contribution in [2.45, 2.75) is 75.2 Å². The highest BCUT2D eigenvalue weighted by atomic mass is 32.2. The van der Waals surface area contributed by atoms with Crippen LogP contribution in [-0.4, -0.2) is 53.3 Å². The van der Waals surface area contributed by atoms with Crippen molar-refractivity contribution in [3.63, 3.8) is 0 Å². The van der Waals surface area contributed by atoms with Crippen molar-refractivity contribution in [2.24, 2.45) is 0 Å². The number of imidazole rings is 1. The fraction of sp³-hybridized carbons (Fsp3) is 0.565. The minimum Gasteiger partial charge on any atom is -0.376 e. The van der Waals surface area contributed by atoms with Gasteiger partial charge in [-0.1, -0.05) is 30.3 Å². The summed E-state index contributed by atoms with van der Waals surface area (Å²) in [6.45, 7) is 6.08. The number of nitrogens with zero attached hydrogens (tertiary/aromatic N) is 3. The average molecular weight is 477 g/mol. The number of benzene rings is 1. The van der Waals surface area contributed by atoms with Gasteiger partial charge in [-0.05, 0) is 57.3 Å². The van der Waals surface area contributed by atoms with E-state index in [9.17, 15) is 8.42 Å². The third-order valence-corrected chi connectivity index (χ3v) is 7.68. The first-order valence-electron chi connectivity index (χ1n) is 11.3. The maximum Gasteiger partial charge on any atom is 0.228 e. The fourth-order valence-corrected chi connectivity index (χ4v) is 6.01. The van der Waals surface area contributed by atoms with E-state index in [4.69, 9.17) is 17.0 Å². The van der Waals surface area contributed by atoms with E-state index in [-0.39, 0.29) is 29.1 Å². The largest absolute Gasteiger partial charge is 0.376 e. The van der Waals surface area contributed by atoms with Crippen molar-refractivity contribution in [1.29, 1.82) is 0 Å². The summed E-state index contributed by atoms with van der Waals surface area (Å²) >= 11 is 5.69. The maximum atomic E-state index is 13.3. The molecule has 1 aromatic heterocycles. The third kappa shape index (κ3) is 5.68. The van der Waals surface area contributed by atoms with Crippen LogP contribution in [-0.2, 0) is 26.9 Å². The molecule has 174 valence electrons. The quantitative estimate of drug-likeness (QED) is 0.556. The lowest BCUT2D eigenvalue weighted by atomic mass is 10.2. The molecule has 7 nitrogen and oxygen atoms in total. The fourth-order valence-electron chi connectivity index (χ4n) is 4.09. The monoisotopic (exact) mass is 476 g/mol. The van der Waals surface area contributed by atoms with Crippen LogP contribution in [0, 0.1) is 0 Å². The Morgan fingerprint density at radius 2 is 2.03 bits per heavy atom. The predicted molar refractivity (Wildman–Crippen MR) is 128 cm³/mol. The van der Waals surface area contributed by atoms with Crippen LogP contribution < -0.4 is 5.32 Å². The summed E-state index contributed by atoms with van der Waals surface area (Å²) in [5.41, 5.74) is 1.65. The molecule has 9 heteroatoms. The van der Waals surface area contributed by atoms with E-state index in [0.29, 0.717) is 18.2 Å². The zero-order valence-electron chi connectivity index (χ0n) is 18.7. The van der Waals surface area contributed by atoms with Crippen molar-refractivity contribution in [3.8, 4) is 0 Å². The lowest BCUT2D eigenvalue weighted by Crippen LogP contribution is -2.45. The molecule has 0 radical (unpaired) electrons. The van der Waals surface area contributed by atoms with Crippen molar-refractivity contribution < 1.29 is 13.2 Å². The molecule has 2 fully saturated rings. The summed E-state index contributed by atoms with van der Waals surface area (Å²) in [6.07, 6.45) is 5.86. The van der Waals surface area contributed by atoms with Gasteiger partial charge in [-0.3, -0.25) is 0 Å². The van der Waals surface area contributed by atoms with Gasteiger partial charge in [0.15, 0.2) is 5.11 Å². The number of sulfone groups is 1. The summed E-state index contributed by atoms with van der Waals surface area (Å²) in [4.78, 5) is 6.50. The van der Waals surface area contributed by atoms with Crippen LogP contribution in [0.4, 0.5) is 0 Å². The highest BCUT2D eigenvalue weighted by Crippen LogP contribution is 2.39. The normalized spacial score (nSPS) is 18.8. The Morgan fingerprint density at radius 3 is 2.66 bits per heavy atom. The van der Waals surface area contributed by atoms with Gasteiger partial charge in [0.2, 0.25) is 15.0 Å². The molecule has 1 saturated heterocycles. The van der Waals surface area contributed by atoms with Gasteiger partial charge >= 0.3 is 0 Å². The van der Waals surface area contributed by atoms with Crippen LogP contribution >= 0.6 is 12.2 Å². The molecule has 2 aromatic rings. The van der Waals surface area contributed by atoms with Gasteiger partial charge in [0.05, 0.1) is 30.3 Å². The number of thiocarbonyl (C=S) groups is 1. The Bertz CT molecular complexity index is 1030. The number of hydrogen-bond donors (Lipinski definition) is 1. The van der Waals surface area contributed by atoms with E-state index in [1.54, 1.807) is 6.20 Å². The number of ether oxygens (including phenoxy) is 1. The van der Waals surface area contributed by atoms with Crippen LogP contribution in [0.5, 0.6) is 0 Å². The van der Waals surface area contributed by atoms with E-state index in [0.717, 1.165) is 43.5 Å². The smallest absolute Gasteiger partial charge is 0.228 e. The molecule has 0 amide bonds. The Balaban J connectivity index is 1.59. The second kappa shape index (κ2) is 9.89. The molecular formula is C23H32N4O3S2. The SMILES string of the molecule is CC(C)NC(=S)N(Cc1cnc(S(=O)(=O)Cc2ccccc2)n1C1CC1)C[C@H]1CCCO1. The van der Waals surface area contributed by atoms with Gasteiger partial charge < -0.3 is 19.5 Å². The van der Waals surface area contributed by atoms with Crippen LogP contribution in [0.15, 0.2) is 41.7 Å². The van der Waals surface area contributed by atoms with Crippen LogP contribution in [0.25, 0.3) is 0 Å². The number of rotatable bonds is 9. The summed E-state index contributed by atoms with van der Waals surface area (Å²) in [5, 5.41) is 4.15. The first kappa shape index (κ1) is 23.2. The molecule has 2 heterocycles. The van der Waals surface area contributed by atoms with E-state index in [1.807, 2.05) is 34.9 Å². The minimum atomic E-state index is -3.57. The van der Waals surface area contributed by atoms with Gasteiger partial charge in [-0.2, -0.15) is 0 Å². The minimum absolute atomic E-state index is 0.0516. The molecule has 4 rings (SSSR count). The first-order chi connectivity index (χ1) is 15.3. The van der Waals surface area contributed by atoms with Crippen molar-refractivity contribution >= 4 is 27.2 Å². The summed E-state index contributed by atoms with van der Waals surface area (Å²) in [6, 6.07) is 9.67. The topological polar surface area (TPSA) is 76.5 Å². The standard InChI is InChI=1S/C23H32N4O3S2/c1-17(2)25-22(31)26(15-21-9-6-12-30-21)14-20-13-24-23(27(20)19-10-11-19)32(28,29)16-18-7-4-3-5-8-18/h3-5,7-8,13,17,19,21H,6,9-12,14-16H2,1-2H3,(H,25,31)/t21-/m1/s1. The summed E-state index contributed by atoms with van der Waals surface area (Å²) in [5.74, 6) is -0.0516. The van der Waals surface area contributed by atoms with Gasteiger partial charge in [-0.15, -0.1) is 0 Å². The van der Waals surface area contributed by atoms with Crippen LogP contribution in [0.2, 0.25) is 0 Å². The van der Waals surface area contributed by atoms with Gasteiger partial charge in [0, 0.05) is 25.2 Å². The molecule has 0 spiro atoms. The summed E-state index contributed by atoms with van der Waals surface area (Å²) < 4.78 is 34.3. The van der Waals surface area contributed by atoms with Crippen molar-refractivity contribution in [1.82, 2.24) is 19.8 Å². The zero-order chi connectivity index (χ0) is 22.7. The van der Waals surface area contributed by atoms with Gasteiger partial charge in [0.25, 0.3) is 0 Å². The molecule has 32 heavy (non-hydrogen) atoms. The highest BCUT2D eigenvalue weighted by molar-refractivity contribution is 7.90. The van der Waals surface area contributed by atoms with Crippen LogP contribution in [0.3, 0.4) is 0 Å². The Kier molecular flexibility index (Phi) is 7.17. The molecule has 0 bridgehead atoms. The molecule has 1 aromatic carbocycles. The van der Waals surface area contributed by atoms with E-state index in [1.165, 1.54) is 0 Å². The number of aromatic nitrogens is 2. The van der Waals surface area contributed by atoms with Gasteiger partial charge in [0.1, 0.15) is 0 Å².